The van der Waals surface area contributed by atoms with E-state index in [1.807, 2.05) is 97.9 Å². The number of rotatable bonds is 16. The van der Waals surface area contributed by atoms with Crippen LogP contribution in [0.15, 0.2) is 116 Å². The quantitative estimate of drug-likeness (QED) is 0.0381. The van der Waals surface area contributed by atoms with E-state index in [1.54, 1.807) is 66.8 Å². The maximum absolute atomic E-state index is 12.6. The second-order valence-corrected chi connectivity index (χ2v) is 14.6. The Morgan fingerprint density at radius 2 is 1.18 bits per heavy atom. The summed E-state index contributed by atoms with van der Waals surface area (Å²) in [4.78, 5) is 25.1. The molecule has 0 fully saturated rings. The Kier molecular flexibility index (Phi) is 16.7. The Labute approximate surface area is 338 Å². The highest BCUT2D eigenvalue weighted by molar-refractivity contribution is 6.08. The average Bonchev–Trinajstić information content (AvgIpc) is 3.17. The third kappa shape index (κ3) is 12.9. The van der Waals surface area contributed by atoms with E-state index in [9.17, 15) is 19.8 Å². The van der Waals surface area contributed by atoms with E-state index < -0.39 is 5.41 Å². The molecule has 6 N–H and O–H groups in total. The number of nitrogens with two attached hydrogens (primary N) is 2. The summed E-state index contributed by atoms with van der Waals surface area (Å²) >= 11 is 0. The first-order chi connectivity index (χ1) is 27.0. The summed E-state index contributed by atoms with van der Waals surface area (Å²) in [5.74, 6) is 0.990. The van der Waals surface area contributed by atoms with Crippen LogP contribution in [-0.4, -0.2) is 34.0 Å². The molecular formula is C49H58N2O6. The zero-order valence-electron chi connectivity index (χ0n) is 34.5. The van der Waals surface area contributed by atoms with Crippen molar-refractivity contribution in [2.75, 3.05) is 11.5 Å². The SMILES string of the molecule is C/C=C/Cc1cc(C/C=C/C)c(OC(C)C)c(/C=C/C(=O)c2ccc(N)cc2)c1O.C=CC(C)(C)c1ccc(OC(C)C)c(/C=C/C(=O)c2ccc(N)cc2)c1O. The molecule has 0 spiro atoms. The van der Waals surface area contributed by atoms with Crippen LogP contribution in [0, 0.1) is 0 Å². The minimum absolute atomic E-state index is 0.0670. The molecule has 0 aliphatic carbocycles. The van der Waals surface area contributed by atoms with Gasteiger partial charge in [-0.15, -0.1) is 6.58 Å². The average molecular weight is 771 g/mol. The van der Waals surface area contributed by atoms with Crippen molar-refractivity contribution in [2.45, 2.75) is 85.9 Å². The van der Waals surface area contributed by atoms with Crippen molar-refractivity contribution in [3.8, 4) is 23.0 Å². The van der Waals surface area contributed by atoms with Gasteiger partial charge in [-0.2, -0.15) is 0 Å². The number of aromatic hydroxyl groups is 2. The summed E-state index contributed by atoms with van der Waals surface area (Å²) < 4.78 is 11.9. The summed E-state index contributed by atoms with van der Waals surface area (Å²) in [6.45, 7) is 19.4. The fourth-order valence-corrected chi connectivity index (χ4v) is 5.67. The third-order valence-corrected chi connectivity index (χ3v) is 8.88. The maximum Gasteiger partial charge on any atom is 0.185 e. The van der Waals surface area contributed by atoms with E-state index >= 15 is 0 Å². The van der Waals surface area contributed by atoms with Crippen molar-refractivity contribution in [3.63, 3.8) is 0 Å². The molecule has 0 saturated heterocycles. The van der Waals surface area contributed by atoms with Crippen molar-refractivity contribution in [3.05, 3.63) is 155 Å². The zero-order chi connectivity index (χ0) is 42.3. The minimum atomic E-state index is -0.427. The lowest BCUT2D eigenvalue weighted by Crippen LogP contribution is -2.14. The van der Waals surface area contributed by atoms with E-state index in [4.69, 9.17) is 20.9 Å². The summed E-state index contributed by atoms with van der Waals surface area (Å²) in [7, 11) is 0. The minimum Gasteiger partial charge on any atom is -0.507 e. The molecule has 57 heavy (non-hydrogen) atoms. The molecule has 0 atom stereocenters. The molecule has 4 aromatic rings. The summed E-state index contributed by atoms with van der Waals surface area (Å²) in [6.07, 6.45) is 17.0. The van der Waals surface area contributed by atoms with Crippen molar-refractivity contribution >= 4 is 35.1 Å². The zero-order valence-corrected chi connectivity index (χ0v) is 34.5. The predicted octanol–water partition coefficient (Wildman–Crippen LogP) is 11.0. The highest BCUT2D eigenvalue weighted by Crippen LogP contribution is 2.40. The molecule has 0 heterocycles. The van der Waals surface area contributed by atoms with Crippen LogP contribution in [0.3, 0.4) is 0 Å². The van der Waals surface area contributed by atoms with Crippen LogP contribution in [0.1, 0.15) is 104 Å². The van der Waals surface area contributed by atoms with Gasteiger partial charge in [-0.1, -0.05) is 50.3 Å². The number of carbonyl (C=O) groups excluding carboxylic acids is 2. The molecule has 4 aromatic carbocycles. The number of phenolic OH excluding ortho intramolecular Hbond substituents is 2. The Balaban J connectivity index is 0.000000307. The normalized spacial score (nSPS) is 11.8. The monoisotopic (exact) mass is 770 g/mol. The van der Waals surface area contributed by atoms with Crippen molar-refractivity contribution in [2.24, 2.45) is 0 Å². The van der Waals surface area contributed by atoms with Gasteiger partial charge in [0.25, 0.3) is 0 Å². The molecule has 0 aromatic heterocycles. The molecule has 0 aliphatic rings. The lowest BCUT2D eigenvalue weighted by Gasteiger charge is -2.24. The van der Waals surface area contributed by atoms with Crippen LogP contribution in [-0.2, 0) is 18.3 Å². The van der Waals surface area contributed by atoms with Gasteiger partial charge in [0.1, 0.15) is 23.0 Å². The number of allylic oxidation sites excluding steroid dienone is 7. The Hall–Kier alpha value is -6.28. The van der Waals surface area contributed by atoms with E-state index in [0.29, 0.717) is 63.5 Å². The lowest BCUT2D eigenvalue weighted by molar-refractivity contribution is 0.103. The number of nitrogen functional groups attached to an aromatic ring is 2. The number of phenols is 2. The van der Waals surface area contributed by atoms with Crippen LogP contribution >= 0.6 is 0 Å². The lowest BCUT2D eigenvalue weighted by atomic mass is 9.83. The molecule has 0 bridgehead atoms. The van der Waals surface area contributed by atoms with Gasteiger partial charge in [0.15, 0.2) is 11.6 Å². The molecule has 8 heteroatoms. The largest absolute Gasteiger partial charge is 0.507 e. The Bertz CT molecular complexity index is 2120. The number of hydrogen-bond acceptors (Lipinski definition) is 8. The second-order valence-electron chi connectivity index (χ2n) is 14.6. The number of ketones is 2. The smallest absolute Gasteiger partial charge is 0.185 e. The number of carbonyl (C=O) groups is 2. The number of anilines is 2. The Morgan fingerprint density at radius 1 is 0.702 bits per heavy atom. The first-order valence-corrected chi connectivity index (χ1v) is 19.1. The van der Waals surface area contributed by atoms with Crippen molar-refractivity contribution < 1.29 is 29.3 Å². The fourth-order valence-electron chi connectivity index (χ4n) is 5.67. The van der Waals surface area contributed by atoms with E-state index in [1.165, 1.54) is 12.2 Å². The molecule has 0 radical (unpaired) electrons. The van der Waals surface area contributed by atoms with Crippen molar-refractivity contribution in [1.29, 1.82) is 0 Å². The first-order valence-electron chi connectivity index (χ1n) is 19.1. The van der Waals surface area contributed by atoms with E-state index in [0.717, 1.165) is 11.1 Å². The van der Waals surface area contributed by atoms with Gasteiger partial charge in [-0.25, -0.2) is 0 Å². The van der Waals surface area contributed by atoms with Gasteiger partial charge in [0.2, 0.25) is 0 Å². The van der Waals surface area contributed by atoms with Gasteiger partial charge in [-0.3, -0.25) is 9.59 Å². The number of benzene rings is 4. The number of hydrogen-bond donors (Lipinski definition) is 4. The Morgan fingerprint density at radius 3 is 1.63 bits per heavy atom. The van der Waals surface area contributed by atoms with Crippen LogP contribution in [0.25, 0.3) is 12.2 Å². The summed E-state index contributed by atoms with van der Waals surface area (Å²) in [6, 6.07) is 19.1. The van der Waals surface area contributed by atoms with Crippen LogP contribution in [0.4, 0.5) is 11.4 Å². The third-order valence-electron chi connectivity index (χ3n) is 8.88. The van der Waals surface area contributed by atoms with Gasteiger partial charge in [-0.05, 0) is 150 Å². The highest BCUT2D eigenvalue weighted by Gasteiger charge is 2.24. The maximum atomic E-state index is 12.6. The molecule has 0 aliphatic heterocycles. The van der Waals surface area contributed by atoms with Crippen LogP contribution < -0.4 is 20.9 Å². The van der Waals surface area contributed by atoms with E-state index in [2.05, 4.69) is 6.58 Å². The van der Waals surface area contributed by atoms with Gasteiger partial charge in [0, 0.05) is 33.5 Å². The van der Waals surface area contributed by atoms with Crippen LogP contribution in [0.5, 0.6) is 23.0 Å². The number of ether oxygens (including phenoxy) is 2. The second kappa shape index (κ2) is 21.1. The highest BCUT2D eigenvalue weighted by atomic mass is 16.5. The molecule has 0 amide bonds. The predicted molar refractivity (Wildman–Crippen MR) is 236 cm³/mol. The molecular weight excluding hydrogens is 713 g/mol. The topological polar surface area (TPSA) is 145 Å². The van der Waals surface area contributed by atoms with Gasteiger partial charge < -0.3 is 31.2 Å². The molecule has 300 valence electrons. The molecule has 0 unspecified atom stereocenters. The molecule has 4 rings (SSSR count). The first kappa shape index (κ1) is 45.1. The van der Waals surface area contributed by atoms with Crippen LogP contribution in [0.2, 0.25) is 0 Å². The van der Waals surface area contributed by atoms with Crippen molar-refractivity contribution in [1.82, 2.24) is 0 Å². The van der Waals surface area contributed by atoms with Gasteiger partial charge >= 0.3 is 0 Å². The standard InChI is InChI=1S/C26H31NO3.C23H27NO3/c1-5-7-9-20-17-21(10-8-6-2)26(30-18(3)4)23(25(20)29)15-16-24(28)19-11-13-22(27)14-12-19;1-6-23(4,5)19-12-14-21(27-15(2)3)18(22(19)26)11-13-20(25)16-7-9-17(24)10-8-16/h5-8,11-18,29H,9-10,27H2,1-4H3;6-15,26H,1,24H2,2-5H3/b7-5+,8-6+,16-15+;13-11+. The summed E-state index contributed by atoms with van der Waals surface area (Å²) in [5, 5.41) is 21.8. The van der Waals surface area contributed by atoms with Gasteiger partial charge in [0.05, 0.1) is 23.3 Å². The van der Waals surface area contributed by atoms with E-state index in [-0.39, 0.29) is 35.3 Å². The molecule has 0 saturated carbocycles. The summed E-state index contributed by atoms with van der Waals surface area (Å²) in [5.41, 5.74) is 16.7. The fraction of sp³-hybridized carbons (Fsp3) is 0.265. The molecule has 8 nitrogen and oxygen atoms in total.